The normalized spacial score (nSPS) is 14.0. The number of hydrogen-bond donors (Lipinski definition) is 1. The number of aromatic nitrogens is 4. The van der Waals surface area contributed by atoms with E-state index in [1.807, 2.05) is 6.92 Å². The van der Waals surface area contributed by atoms with Crippen molar-refractivity contribution >= 4 is 23.2 Å². The van der Waals surface area contributed by atoms with Crippen LogP contribution in [0.1, 0.15) is 24.1 Å². The summed E-state index contributed by atoms with van der Waals surface area (Å²) >= 11 is 0. The smallest absolute Gasteiger partial charge is 0.342 e. The fraction of sp³-hybridized carbons (Fsp3) is 0.368. The summed E-state index contributed by atoms with van der Waals surface area (Å²) in [6, 6.07) is 6.16. The molecule has 4 rings (SSSR count). The molecule has 0 aliphatic carbocycles. The van der Waals surface area contributed by atoms with Gasteiger partial charge in [-0.2, -0.15) is 0 Å². The van der Waals surface area contributed by atoms with E-state index in [4.69, 9.17) is 0 Å². The fourth-order valence-corrected chi connectivity index (χ4v) is 3.37. The molecule has 1 aromatic carbocycles. The topological polar surface area (TPSA) is 84.5 Å². The maximum Gasteiger partial charge on any atom is 0.353 e. The minimum atomic E-state index is -0.457. The van der Waals surface area contributed by atoms with E-state index in [2.05, 4.69) is 20.3 Å². The van der Waals surface area contributed by atoms with Gasteiger partial charge in [-0.05, 0) is 44.4 Å². The molecular weight excluding hydrogens is 363 g/mol. The number of hydrogen-bond acceptors (Lipinski definition) is 5. The average Bonchev–Trinajstić information content (AvgIpc) is 3.27. The van der Waals surface area contributed by atoms with Crippen LogP contribution in [0.2, 0.25) is 0 Å². The zero-order valence-electron chi connectivity index (χ0n) is 15.8. The summed E-state index contributed by atoms with van der Waals surface area (Å²) in [7, 11) is 0. The second-order valence-corrected chi connectivity index (χ2v) is 7.04. The molecule has 1 N–H and O–H groups in total. The van der Waals surface area contributed by atoms with Crippen LogP contribution < -0.4 is 15.9 Å². The van der Waals surface area contributed by atoms with E-state index in [0.717, 1.165) is 36.3 Å². The number of benzene rings is 1. The zero-order valence-corrected chi connectivity index (χ0v) is 15.8. The third-order valence-corrected chi connectivity index (χ3v) is 4.82. The average molecular weight is 384 g/mol. The van der Waals surface area contributed by atoms with Gasteiger partial charge in [-0.1, -0.05) is 6.07 Å². The van der Waals surface area contributed by atoms with Crippen LogP contribution in [-0.4, -0.2) is 38.2 Å². The third-order valence-electron chi connectivity index (χ3n) is 4.82. The molecule has 3 aromatic rings. The molecule has 1 aliphatic heterocycles. The Labute approximate surface area is 160 Å². The number of fused-ring (bicyclic) bond motifs is 1. The predicted octanol–water partition coefficient (Wildman–Crippen LogP) is 1.89. The lowest BCUT2D eigenvalue weighted by atomic mass is 10.2. The lowest BCUT2D eigenvalue weighted by molar-refractivity contribution is -0.117. The summed E-state index contributed by atoms with van der Waals surface area (Å²) in [5, 5.41) is 6.88. The number of carbonyl (C=O) groups is 1. The quantitative estimate of drug-likeness (QED) is 0.743. The maximum absolute atomic E-state index is 13.7. The fourth-order valence-electron chi connectivity index (χ4n) is 3.37. The number of nitrogens with one attached hydrogen (secondary N) is 1. The molecule has 0 atom stereocenters. The van der Waals surface area contributed by atoms with E-state index in [1.165, 1.54) is 10.5 Å². The summed E-state index contributed by atoms with van der Waals surface area (Å²) in [5.74, 6) is -0.301. The van der Waals surface area contributed by atoms with Gasteiger partial charge in [0, 0.05) is 30.5 Å². The van der Waals surface area contributed by atoms with Gasteiger partial charge in [0.2, 0.25) is 11.9 Å². The number of nitrogens with zero attached hydrogens (tertiary/aromatic N) is 5. The molecule has 0 radical (unpaired) electrons. The van der Waals surface area contributed by atoms with E-state index in [9.17, 15) is 14.0 Å². The first-order chi connectivity index (χ1) is 13.4. The van der Waals surface area contributed by atoms with Crippen molar-refractivity contribution in [3.63, 3.8) is 0 Å². The van der Waals surface area contributed by atoms with Crippen LogP contribution in [0.3, 0.4) is 0 Å². The number of anilines is 2. The predicted molar refractivity (Wildman–Crippen MR) is 103 cm³/mol. The molecule has 9 heteroatoms. The van der Waals surface area contributed by atoms with Crippen molar-refractivity contribution in [2.24, 2.45) is 0 Å². The molecule has 1 fully saturated rings. The summed E-state index contributed by atoms with van der Waals surface area (Å²) in [5.41, 5.74) is 1.61. The Morgan fingerprint density at radius 2 is 1.96 bits per heavy atom. The Bertz CT molecular complexity index is 1110. The van der Waals surface area contributed by atoms with Gasteiger partial charge in [-0.3, -0.25) is 4.79 Å². The van der Waals surface area contributed by atoms with E-state index >= 15 is 0 Å². The van der Waals surface area contributed by atoms with Crippen LogP contribution in [0.25, 0.3) is 5.65 Å². The molecule has 0 bridgehead atoms. The summed E-state index contributed by atoms with van der Waals surface area (Å²) in [4.78, 5) is 31.8. The molecule has 28 heavy (non-hydrogen) atoms. The summed E-state index contributed by atoms with van der Waals surface area (Å²) in [6.45, 7) is 4.90. The first-order valence-corrected chi connectivity index (χ1v) is 9.20. The largest absolute Gasteiger partial charge is 0.353 e. The van der Waals surface area contributed by atoms with Gasteiger partial charge in [0.1, 0.15) is 12.4 Å². The van der Waals surface area contributed by atoms with Crippen molar-refractivity contribution in [1.29, 1.82) is 0 Å². The molecule has 1 amide bonds. The maximum atomic E-state index is 13.7. The van der Waals surface area contributed by atoms with Gasteiger partial charge < -0.3 is 10.2 Å². The van der Waals surface area contributed by atoms with Gasteiger partial charge in [0.15, 0.2) is 5.65 Å². The molecule has 1 aliphatic rings. The number of rotatable bonds is 4. The molecule has 0 spiro atoms. The Hall–Kier alpha value is -3.23. The van der Waals surface area contributed by atoms with Crippen molar-refractivity contribution in [3.05, 3.63) is 51.8 Å². The van der Waals surface area contributed by atoms with E-state index in [-0.39, 0.29) is 6.54 Å². The SMILES string of the molecule is Cc1cc2nn(CC(=O)Nc3ccc(C)c(F)c3)c(=O)n2c(N2CCCC2)n1. The van der Waals surface area contributed by atoms with Crippen molar-refractivity contribution in [1.82, 2.24) is 19.2 Å². The molecule has 2 aromatic heterocycles. The standard InChI is InChI=1S/C19H21FN6O2/c1-12-5-6-14(10-15(12)20)22-17(27)11-25-19(28)26-16(23-25)9-13(2)21-18(26)24-7-3-4-8-24/h5-6,9-10H,3-4,7-8,11H2,1-2H3,(H,22,27). The Morgan fingerprint density at radius 3 is 2.68 bits per heavy atom. The van der Waals surface area contributed by atoms with Gasteiger partial charge in [-0.25, -0.2) is 23.3 Å². The Balaban J connectivity index is 1.63. The molecule has 3 heterocycles. The van der Waals surface area contributed by atoms with Crippen molar-refractivity contribution in [2.45, 2.75) is 33.2 Å². The number of carbonyl (C=O) groups excluding carboxylic acids is 1. The minimum Gasteiger partial charge on any atom is -0.342 e. The van der Waals surface area contributed by atoms with E-state index < -0.39 is 17.4 Å². The van der Waals surface area contributed by atoms with Crippen LogP contribution in [0.5, 0.6) is 0 Å². The minimum absolute atomic E-state index is 0.269. The number of halogens is 1. The van der Waals surface area contributed by atoms with Gasteiger partial charge >= 0.3 is 5.69 Å². The van der Waals surface area contributed by atoms with Crippen LogP contribution in [0.4, 0.5) is 16.0 Å². The third kappa shape index (κ3) is 3.35. The van der Waals surface area contributed by atoms with Crippen LogP contribution in [0, 0.1) is 19.7 Å². The molecule has 1 saturated heterocycles. The second-order valence-electron chi connectivity index (χ2n) is 7.04. The van der Waals surface area contributed by atoms with Crippen molar-refractivity contribution < 1.29 is 9.18 Å². The van der Waals surface area contributed by atoms with Crippen molar-refractivity contribution in [3.8, 4) is 0 Å². The van der Waals surface area contributed by atoms with Crippen LogP contribution in [0.15, 0.2) is 29.1 Å². The second kappa shape index (κ2) is 7.06. The molecule has 0 saturated carbocycles. The lowest BCUT2D eigenvalue weighted by Crippen LogP contribution is -2.31. The monoisotopic (exact) mass is 384 g/mol. The lowest BCUT2D eigenvalue weighted by Gasteiger charge is -2.17. The molecule has 8 nitrogen and oxygen atoms in total. The van der Waals surface area contributed by atoms with Gasteiger partial charge in [0.05, 0.1) is 0 Å². The Morgan fingerprint density at radius 1 is 1.21 bits per heavy atom. The molecular formula is C19H21FN6O2. The first kappa shape index (κ1) is 18.1. The van der Waals surface area contributed by atoms with Gasteiger partial charge in [-0.15, -0.1) is 5.10 Å². The van der Waals surface area contributed by atoms with E-state index in [1.54, 1.807) is 25.1 Å². The highest BCUT2D eigenvalue weighted by Crippen LogP contribution is 2.19. The first-order valence-electron chi connectivity index (χ1n) is 9.20. The van der Waals surface area contributed by atoms with Crippen LogP contribution in [-0.2, 0) is 11.3 Å². The highest BCUT2D eigenvalue weighted by molar-refractivity contribution is 5.90. The number of aryl methyl sites for hydroxylation is 2. The van der Waals surface area contributed by atoms with Crippen molar-refractivity contribution in [2.75, 3.05) is 23.3 Å². The van der Waals surface area contributed by atoms with Crippen LogP contribution >= 0.6 is 0 Å². The zero-order chi connectivity index (χ0) is 19.8. The highest BCUT2D eigenvalue weighted by atomic mass is 19.1. The highest BCUT2D eigenvalue weighted by Gasteiger charge is 2.21. The Kier molecular flexibility index (Phi) is 4.58. The molecule has 146 valence electrons. The summed E-state index contributed by atoms with van der Waals surface area (Å²) < 4.78 is 16.2. The van der Waals surface area contributed by atoms with E-state index in [0.29, 0.717) is 22.8 Å². The van der Waals surface area contributed by atoms with Gasteiger partial charge in [0.25, 0.3) is 0 Å². The summed E-state index contributed by atoms with van der Waals surface area (Å²) in [6.07, 6.45) is 2.10. The molecule has 0 unspecified atom stereocenters. The number of amides is 1.